The van der Waals surface area contributed by atoms with Crippen molar-refractivity contribution in [1.82, 2.24) is 4.90 Å². The molecule has 0 heterocycles. The molecule has 0 aliphatic carbocycles. The summed E-state index contributed by atoms with van der Waals surface area (Å²) in [7, 11) is 0. The monoisotopic (exact) mass is 266 g/mol. The molecule has 106 valence electrons. The van der Waals surface area contributed by atoms with Crippen LogP contribution in [0.15, 0.2) is 24.3 Å². The zero-order valence-electron chi connectivity index (χ0n) is 11.6. The number of hydrogen-bond acceptors (Lipinski definition) is 5. The molecule has 2 N–H and O–H groups in total. The van der Waals surface area contributed by atoms with Crippen LogP contribution < -0.4 is 10.5 Å². The van der Waals surface area contributed by atoms with Gasteiger partial charge in [-0.2, -0.15) is 0 Å². The summed E-state index contributed by atoms with van der Waals surface area (Å²) < 4.78 is 10.4. The van der Waals surface area contributed by atoms with E-state index in [4.69, 9.17) is 15.2 Å². The molecule has 0 amide bonds. The van der Waals surface area contributed by atoms with Gasteiger partial charge in [-0.1, -0.05) is 13.8 Å². The number of nitrogen functional groups attached to an aromatic ring is 1. The molecule has 1 aromatic rings. The Bertz CT molecular complexity index is 375. The maximum Gasteiger partial charge on any atom is 0.344 e. The summed E-state index contributed by atoms with van der Waals surface area (Å²) in [5.41, 5.74) is 6.21. The summed E-state index contributed by atoms with van der Waals surface area (Å²) in [5, 5.41) is 0. The van der Waals surface area contributed by atoms with Gasteiger partial charge < -0.3 is 20.1 Å². The second kappa shape index (κ2) is 8.37. The normalized spacial score (nSPS) is 10.5. The third-order valence-electron chi connectivity index (χ3n) is 2.80. The van der Waals surface area contributed by atoms with Crippen molar-refractivity contribution in [3.05, 3.63) is 24.3 Å². The van der Waals surface area contributed by atoms with Gasteiger partial charge in [-0.3, -0.25) is 0 Å². The van der Waals surface area contributed by atoms with E-state index in [0.717, 1.165) is 19.6 Å². The molecule has 1 aromatic carbocycles. The lowest BCUT2D eigenvalue weighted by molar-refractivity contribution is -0.146. The van der Waals surface area contributed by atoms with E-state index in [1.165, 1.54) is 0 Å². The largest absolute Gasteiger partial charge is 0.482 e. The Labute approximate surface area is 114 Å². The minimum absolute atomic E-state index is 0.0812. The third kappa shape index (κ3) is 6.10. The van der Waals surface area contributed by atoms with Crippen molar-refractivity contribution in [3.63, 3.8) is 0 Å². The van der Waals surface area contributed by atoms with E-state index in [9.17, 15) is 4.79 Å². The van der Waals surface area contributed by atoms with Gasteiger partial charge in [0.1, 0.15) is 12.4 Å². The van der Waals surface area contributed by atoms with Crippen molar-refractivity contribution in [3.8, 4) is 5.75 Å². The van der Waals surface area contributed by atoms with Gasteiger partial charge in [-0.25, -0.2) is 4.79 Å². The van der Waals surface area contributed by atoms with Crippen LogP contribution in [-0.4, -0.2) is 43.7 Å². The van der Waals surface area contributed by atoms with E-state index in [1.807, 2.05) is 0 Å². The third-order valence-corrected chi connectivity index (χ3v) is 2.80. The number of ether oxygens (including phenoxy) is 2. The number of rotatable bonds is 8. The summed E-state index contributed by atoms with van der Waals surface area (Å²) in [6.45, 7) is 7.13. The number of hydrogen-bond donors (Lipinski definition) is 1. The second-order valence-corrected chi connectivity index (χ2v) is 4.11. The smallest absolute Gasteiger partial charge is 0.344 e. The number of anilines is 1. The van der Waals surface area contributed by atoms with Gasteiger partial charge in [0.05, 0.1) is 0 Å². The second-order valence-electron chi connectivity index (χ2n) is 4.11. The van der Waals surface area contributed by atoms with Crippen LogP contribution in [0.2, 0.25) is 0 Å². The predicted molar refractivity (Wildman–Crippen MR) is 75.1 cm³/mol. The molecule has 0 aliphatic rings. The average molecular weight is 266 g/mol. The Morgan fingerprint density at radius 2 is 1.84 bits per heavy atom. The number of carbonyl (C=O) groups excluding carboxylic acids is 1. The van der Waals surface area contributed by atoms with Crippen molar-refractivity contribution >= 4 is 11.7 Å². The lowest BCUT2D eigenvalue weighted by atomic mass is 10.3. The molecule has 0 saturated carbocycles. The van der Waals surface area contributed by atoms with Crippen LogP contribution in [0, 0.1) is 0 Å². The van der Waals surface area contributed by atoms with E-state index in [-0.39, 0.29) is 12.6 Å². The van der Waals surface area contributed by atoms with Crippen LogP contribution in [0.4, 0.5) is 5.69 Å². The number of nitrogens with two attached hydrogens (primary N) is 1. The van der Waals surface area contributed by atoms with Crippen molar-refractivity contribution in [2.45, 2.75) is 13.8 Å². The molecule has 0 aromatic heterocycles. The Kier molecular flexibility index (Phi) is 6.74. The van der Waals surface area contributed by atoms with Gasteiger partial charge in [-0.15, -0.1) is 0 Å². The summed E-state index contributed by atoms with van der Waals surface area (Å²) in [5.74, 6) is 0.249. The predicted octanol–water partition coefficient (Wildman–Crippen LogP) is 1.53. The summed E-state index contributed by atoms with van der Waals surface area (Å²) in [6.07, 6.45) is 0. The summed E-state index contributed by atoms with van der Waals surface area (Å²) >= 11 is 0. The number of nitrogens with zero attached hydrogens (tertiary/aromatic N) is 1. The molecule has 1 rings (SSSR count). The average Bonchev–Trinajstić information content (AvgIpc) is 2.43. The molecular formula is C14H22N2O3. The maximum atomic E-state index is 11.5. The van der Waals surface area contributed by atoms with E-state index < -0.39 is 0 Å². The fraction of sp³-hybridized carbons (Fsp3) is 0.500. The number of likely N-dealkylation sites (N-methyl/N-ethyl adjacent to an activating group) is 1. The lowest BCUT2D eigenvalue weighted by Crippen LogP contribution is -2.28. The van der Waals surface area contributed by atoms with Gasteiger partial charge in [0.2, 0.25) is 0 Å². The lowest BCUT2D eigenvalue weighted by Gasteiger charge is -2.17. The van der Waals surface area contributed by atoms with Crippen molar-refractivity contribution in [2.24, 2.45) is 0 Å². The molecule has 5 nitrogen and oxygen atoms in total. The number of esters is 1. The Hall–Kier alpha value is -1.75. The van der Waals surface area contributed by atoms with Crippen LogP contribution in [-0.2, 0) is 9.53 Å². The van der Waals surface area contributed by atoms with Crippen molar-refractivity contribution in [1.29, 1.82) is 0 Å². The van der Waals surface area contributed by atoms with Gasteiger partial charge in [0.15, 0.2) is 6.61 Å². The molecule has 0 saturated heterocycles. The van der Waals surface area contributed by atoms with Crippen molar-refractivity contribution < 1.29 is 14.3 Å². The molecule has 19 heavy (non-hydrogen) atoms. The van der Waals surface area contributed by atoms with Crippen LogP contribution >= 0.6 is 0 Å². The van der Waals surface area contributed by atoms with Gasteiger partial charge in [0.25, 0.3) is 0 Å². The molecule has 0 radical (unpaired) electrons. The standard InChI is InChI=1S/C14H22N2O3/c1-3-16(4-2)9-10-18-14(17)11-19-13-7-5-12(15)6-8-13/h5-8H,3-4,9-11,15H2,1-2H3. The Morgan fingerprint density at radius 1 is 1.21 bits per heavy atom. The summed E-state index contributed by atoms with van der Waals surface area (Å²) in [4.78, 5) is 13.6. The SMILES string of the molecule is CCN(CC)CCOC(=O)COc1ccc(N)cc1. The molecule has 0 fully saturated rings. The molecule has 0 spiro atoms. The van der Waals surface area contributed by atoms with Crippen LogP contribution in [0.3, 0.4) is 0 Å². The molecule has 5 heteroatoms. The van der Waals surface area contributed by atoms with Gasteiger partial charge >= 0.3 is 5.97 Å². The Morgan fingerprint density at radius 3 is 2.42 bits per heavy atom. The molecular weight excluding hydrogens is 244 g/mol. The first-order chi connectivity index (χ1) is 9.15. The quantitative estimate of drug-likeness (QED) is 0.571. The highest BCUT2D eigenvalue weighted by atomic mass is 16.6. The highest BCUT2D eigenvalue weighted by Crippen LogP contribution is 2.12. The van der Waals surface area contributed by atoms with E-state index in [2.05, 4.69) is 18.7 Å². The first-order valence-electron chi connectivity index (χ1n) is 6.52. The topological polar surface area (TPSA) is 64.8 Å². The van der Waals surface area contributed by atoms with E-state index in [1.54, 1.807) is 24.3 Å². The zero-order chi connectivity index (χ0) is 14.1. The fourth-order valence-electron chi connectivity index (χ4n) is 1.58. The first kappa shape index (κ1) is 15.3. The van der Waals surface area contributed by atoms with Gasteiger partial charge in [0, 0.05) is 12.2 Å². The van der Waals surface area contributed by atoms with Crippen LogP contribution in [0.1, 0.15) is 13.8 Å². The van der Waals surface area contributed by atoms with Gasteiger partial charge in [-0.05, 0) is 37.4 Å². The maximum absolute atomic E-state index is 11.5. The highest BCUT2D eigenvalue weighted by Gasteiger charge is 2.05. The molecule has 0 bridgehead atoms. The number of carbonyl (C=O) groups is 1. The number of benzene rings is 1. The zero-order valence-corrected chi connectivity index (χ0v) is 11.6. The van der Waals surface area contributed by atoms with E-state index in [0.29, 0.717) is 18.0 Å². The fourth-order valence-corrected chi connectivity index (χ4v) is 1.58. The highest BCUT2D eigenvalue weighted by molar-refractivity contribution is 5.71. The van der Waals surface area contributed by atoms with Crippen molar-refractivity contribution in [2.75, 3.05) is 38.6 Å². The first-order valence-corrected chi connectivity index (χ1v) is 6.52. The molecule has 0 atom stereocenters. The van der Waals surface area contributed by atoms with Crippen LogP contribution in [0.25, 0.3) is 0 Å². The minimum Gasteiger partial charge on any atom is -0.482 e. The summed E-state index contributed by atoms with van der Waals surface area (Å²) in [6, 6.07) is 6.89. The van der Waals surface area contributed by atoms with E-state index >= 15 is 0 Å². The minimum atomic E-state index is -0.357. The molecule has 0 unspecified atom stereocenters. The molecule has 0 aliphatic heterocycles. The Balaban J connectivity index is 2.19. The van der Waals surface area contributed by atoms with Crippen LogP contribution in [0.5, 0.6) is 5.75 Å².